The monoisotopic (exact) mass is 374 g/mol. The minimum absolute atomic E-state index is 0.736. The summed E-state index contributed by atoms with van der Waals surface area (Å²) in [4.78, 5) is 10.7. The second-order valence-electron chi connectivity index (χ2n) is 5.96. The van der Waals surface area contributed by atoms with Crippen LogP contribution in [0.25, 0.3) is 0 Å². The SMILES string of the molecule is CCNC(=NCCc1nc(CC)c(C)s1)NCCc1ccccc1OC. The molecule has 0 radical (unpaired) electrons. The molecule has 2 rings (SSSR count). The molecule has 5 nitrogen and oxygen atoms in total. The molecule has 1 aromatic carbocycles. The van der Waals surface area contributed by atoms with Crippen molar-refractivity contribution in [3.8, 4) is 5.75 Å². The number of ether oxygens (including phenoxy) is 1. The topological polar surface area (TPSA) is 58.5 Å². The second-order valence-corrected chi connectivity index (χ2v) is 7.25. The molecule has 0 amide bonds. The van der Waals surface area contributed by atoms with Crippen LogP contribution in [0.3, 0.4) is 0 Å². The van der Waals surface area contributed by atoms with Crippen molar-refractivity contribution in [3.63, 3.8) is 0 Å². The molecule has 26 heavy (non-hydrogen) atoms. The number of aromatic nitrogens is 1. The van der Waals surface area contributed by atoms with Gasteiger partial charge in [0.25, 0.3) is 0 Å². The Morgan fingerprint density at radius 2 is 2.00 bits per heavy atom. The van der Waals surface area contributed by atoms with Crippen LogP contribution in [0.2, 0.25) is 0 Å². The van der Waals surface area contributed by atoms with Gasteiger partial charge >= 0.3 is 0 Å². The maximum Gasteiger partial charge on any atom is 0.191 e. The fourth-order valence-electron chi connectivity index (χ4n) is 2.75. The molecule has 0 aliphatic rings. The van der Waals surface area contributed by atoms with Crippen molar-refractivity contribution in [2.24, 2.45) is 4.99 Å². The average Bonchev–Trinajstić information content (AvgIpc) is 3.01. The van der Waals surface area contributed by atoms with Crippen LogP contribution in [0.1, 0.15) is 35.0 Å². The van der Waals surface area contributed by atoms with Crippen molar-refractivity contribution in [2.75, 3.05) is 26.7 Å². The average molecular weight is 375 g/mol. The highest BCUT2D eigenvalue weighted by molar-refractivity contribution is 7.11. The Kier molecular flexibility index (Phi) is 8.41. The van der Waals surface area contributed by atoms with Gasteiger partial charge in [-0.3, -0.25) is 4.99 Å². The molecule has 1 heterocycles. The lowest BCUT2D eigenvalue weighted by Crippen LogP contribution is -2.38. The highest BCUT2D eigenvalue weighted by atomic mass is 32.1. The number of hydrogen-bond donors (Lipinski definition) is 2. The van der Waals surface area contributed by atoms with E-state index >= 15 is 0 Å². The number of nitrogens with zero attached hydrogens (tertiary/aromatic N) is 2. The quantitative estimate of drug-likeness (QED) is 0.522. The molecule has 1 aromatic heterocycles. The van der Waals surface area contributed by atoms with E-state index < -0.39 is 0 Å². The normalized spacial score (nSPS) is 11.5. The number of thiazole rings is 1. The number of rotatable bonds is 9. The summed E-state index contributed by atoms with van der Waals surface area (Å²) < 4.78 is 5.41. The molecule has 0 bridgehead atoms. The molecule has 0 spiro atoms. The lowest BCUT2D eigenvalue weighted by atomic mass is 10.1. The largest absolute Gasteiger partial charge is 0.496 e. The Labute approximate surface area is 160 Å². The van der Waals surface area contributed by atoms with Crippen LogP contribution in [0.5, 0.6) is 5.75 Å². The predicted octanol–water partition coefficient (Wildman–Crippen LogP) is 3.36. The molecule has 0 saturated carbocycles. The number of nitrogens with one attached hydrogen (secondary N) is 2. The molecule has 0 fully saturated rings. The maximum atomic E-state index is 5.41. The summed E-state index contributed by atoms with van der Waals surface area (Å²) in [5.74, 6) is 1.79. The number of methoxy groups -OCH3 is 1. The first kappa shape index (κ1) is 20.2. The minimum atomic E-state index is 0.736. The van der Waals surface area contributed by atoms with Crippen molar-refractivity contribution in [3.05, 3.63) is 45.4 Å². The van der Waals surface area contributed by atoms with Crippen LogP contribution in [0.4, 0.5) is 0 Å². The van der Waals surface area contributed by atoms with Crippen LogP contribution < -0.4 is 15.4 Å². The van der Waals surface area contributed by atoms with Crippen LogP contribution in [-0.2, 0) is 19.3 Å². The first-order valence-electron chi connectivity index (χ1n) is 9.27. The molecular weight excluding hydrogens is 344 g/mol. The zero-order valence-electron chi connectivity index (χ0n) is 16.3. The summed E-state index contributed by atoms with van der Waals surface area (Å²) in [6, 6.07) is 8.12. The van der Waals surface area contributed by atoms with E-state index in [4.69, 9.17) is 4.74 Å². The van der Waals surface area contributed by atoms with E-state index in [9.17, 15) is 0 Å². The summed E-state index contributed by atoms with van der Waals surface area (Å²) in [5, 5.41) is 7.88. The third-order valence-electron chi connectivity index (χ3n) is 4.09. The number of guanidine groups is 1. The van der Waals surface area contributed by atoms with E-state index in [1.807, 2.05) is 18.2 Å². The highest BCUT2D eigenvalue weighted by Gasteiger charge is 2.06. The molecule has 142 valence electrons. The zero-order chi connectivity index (χ0) is 18.8. The number of hydrogen-bond acceptors (Lipinski definition) is 4. The summed E-state index contributed by atoms with van der Waals surface area (Å²) in [7, 11) is 1.71. The van der Waals surface area contributed by atoms with Crippen LogP contribution >= 0.6 is 11.3 Å². The molecule has 0 atom stereocenters. The number of para-hydroxylation sites is 1. The molecule has 0 saturated heterocycles. The van der Waals surface area contributed by atoms with Gasteiger partial charge in [0.1, 0.15) is 5.75 Å². The minimum Gasteiger partial charge on any atom is -0.496 e. The van der Waals surface area contributed by atoms with Gasteiger partial charge in [-0.2, -0.15) is 0 Å². The van der Waals surface area contributed by atoms with Gasteiger partial charge in [0.2, 0.25) is 0 Å². The summed E-state index contributed by atoms with van der Waals surface area (Å²) in [6.07, 6.45) is 2.77. The third-order valence-corrected chi connectivity index (χ3v) is 5.16. The Balaban J connectivity index is 1.85. The second kappa shape index (κ2) is 10.8. The Hall–Kier alpha value is -2.08. The van der Waals surface area contributed by atoms with Crippen molar-refractivity contribution in [1.29, 1.82) is 0 Å². The lowest BCUT2D eigenvalue weighted by molar-refractivity contribution is 0.409. The Bertz CT molecular complexity index is 712. The van der Waals surface area contributed by atoms with Gasteiger partial charge in [-0.15, -0.1) is 11.3 Å². The molecule has 0 aliphatic carbocycles. The number of benzene rings is 1. The fraction of sp³-hybridized carbons (Fsp3) is 0.500. The number of aryl methyl sites for hydroxylation is 2. The van der Waals surface area contributed by atoms with Gasteiger partial charge in [-0.1, -0.05) is 25.1 Å². The molecule has 0 aliphatic heterocycles. The fourth-order valence-corrected chi connectivity index (χ4v) is 3.76. The lowest BCUT2D eigenvalue weighted by Gasteiger charge is -2.12. The van der Waals surface area contributed by atoms with Gasteiger partial charge in [-0.05, 0) is 38.3 Å². The van der Waals surface area contributed by atoms with Gasteiger partial charge < -0.3 is 15.4 Å². The molecule has 6 heteroatoms. The van der Waals surface area contributed by atoms with Crippen molar-refractivity contribution in [2.45, 2.75) is 40.0 Å². The van der Waals surface area contributed by atoms with E-state index in [0.29, 0.717) is 0 Å². The summed E-state index contributed by atoms with van der Waals surface area (Å²) in [6.45, 7) is 8.76. The number of aliphatic imine (C=N–C) groups is 1. The van der Waals surface area contributed by atoms with Crippen molar-refractivity contribution >= 4 is 17.3 Å². The van der Waals surface area contributed by atoms with E-state index in [-0.39, 0.29) is 0 Å². The van der Waals surface area contributed by atoms with Crippen molar-refractivity contribution < 1.29 is 4.74 Å². The Morgan fingerprint density at radius 1 is 1.19 bits per heavy atom. The zero-order valence-corrected chi connectivity index (χ0v) is 17.1. The molecular formula is C20H30N4OS. The predicted molar refractivity (Wildman–Crippen MR) is 111 cm³/mol. The van der Waals surface area contributed by atoms with Crippen molar-refractivity contribution in [1.82, 2.24) is 15.6 Å². The summed E-state index contributed by atoms with van der Waals surface area (Å²) >= 11 is 1.79. The van der Waals surface area contributed by atoms with Gasteiger partial charge in [0.05, 0.1) is 17.8 Å². The molecule has 2 N–H and O–H groups in total. The van der Waals surface area contributed by atoms with Gasteiger partial charge in [0.15, 0.2) is 5.96 Å². The Morgan fingerprint density at radius 3 is 2.69 bits per heavy atom. The third kappa shape index (κ3) is 6.02. The van der Waals surface area contributed by atoms with Crippen LogP contribution in [0.15, 0.2) is 29.3 Å². The maximum absolute atomic E-state index is 5.41. The molecule has 2 aromatic rings. The van der Waals surface area contributed by atoms with Gasteiger partial charge in [0, 0.05) is 30.9 Å². The van der Waals surface area contributed by atoms with Crippen LogP contribution in [0, 0.1) is 6.92 Å². The van der Waals surface area contributed by atoms with E-state index in [0.717, 1.165) is 50.6 Å². The van der Waals surface area contributed by atoms with E-state index in [1.54, 1.807) is 18.4 Å². The van der Waals surface area contributed by atoms with E-state index in [1.165, 1.54) is 21.1 Å². The van der Waals surface area contributed by atoms with Gasteiger partial charge in [-0.25, -0.2) is 4.98 Å². The first-order valence-corrected chi connectivity index (χ1v) is 10.1. The smallest absolute Gasteiger partial charge is 0.191 e. The van der Waals surface area contributed by atoms with Crippen LogP contribution in [-0.4, -0.2) is 37.7 Å². The highest BCUT2D eigenvalue weighted by Crippen LogP contribution is 2.18. The summed E-state index contributed by atoms with van der Waals surface area (Å²) in [5.41, 5.74) is 2.42. The standard InChI is InChI=1S/C20H30N4OS/c1-5-17-15(3)26-19(24-17)12-14-23-20(21-6-2)22-13-11-16-9-7-8-10-18(16)25-4/h7-10H,5-6,11-14H2,1-4H3,(H2,21,22,23). The van der Waals surface area contributed by atoms with E-state index in [2.05, 4.69) is 47.4 Å². The first-order chi connectivity index (χ1) is 12.7. The molecule has 0 unspecified atom stereocenters.